The Kier molecular flexibility index (Phi) is 6.58. The molecule has 0 aromatic rings. The summed E-state index contributed by atoms with van der Waals surface area (Å²) in [7, 11) is 0. The fourth-order valence-corrected chi connectivity index (χ4v) is 2.26. The van der Waals surface area contributed by atoms with Gasteiger partial charge in [0.15, 0.2) is 0 Å². The molecule has 0 aromatic carbocycles. The first-order valence-electron chi connectivity index (χ1n) is 7.39. The van der Waals surface area contributed by atoms with Crippen LogP contribution in [0.3, 0.4) is 0 Å². The lowest BCUT2D eigenvalue weighted by atomic mass is 10.2. The lowest BCUT2D eigenvalue weighted by Crippen LogP contribution is -2.48. The quantitative estimate of drug-likeness (QED) is 0.833. The first-order chi connectivity index (χ1) is 8.92. The lowest BCUT2D eigenvalue weighted by Gasteiger charge is -2.36. The number of hydrogen-bond donors (Lipinski definition) is 1. The number of rotatable bonds is 5. The van der Waals surface area contributed by atoms with Crippen LogP contribution in [-0.2, 0) is 4.74 Å². The highest BCUT2D eigenvalue weighted by molar-refractivity contribution is 5.67. The summed E-state index contributed by atoms with van der Waals surface area (Å²) in [6, 6.07) is 0. The average Bonchev–Trinajstić information content (AvgIpc) is 2.33. The van der Waals surface area contributed by atoms with E-state index < -0.39 is 5.60 Å². The molecule has 1 aliphatic heterocycles. The second-order valence-electron chi connectivity index (χ2n) is 5.99. The molecule has 0 atom stereocenters. The largest absolute Gasteiger partial charge is 0.444 e. The summed E-state index contributed by atoms with van der Waals surface area (Å²) >= 11 is 0. The molecule has 0 aliphatic carbocycles. The van der Waals surface area contributed by atoms with Crippen LogP contribution < -0.4 is 5.32 Å². The fourth-order valence-electron chi connectivity index (χ4n) is 2.26. The standard InChI is InChI=1S/C14H29N3O2/c1-5-16(17-10-7-6-8-11-17)12-9-15-13(18)19-14(2,3)4/h5-12H2,1-4H3,(H,15,18). The minimum atomic E-state index is -0.429. The number of hydrogen-bond acceptors (Lipinski definition) is 4. The zero-order chi connectivity index (χ0) is 14.3. The van der Waals surface area contributed by atoms with Gasteiger partial charge in [0, 0.05) is 32.7 Å². The molecule has 0 unspecified atom stereocenters. The van der Waals surface area contributed by atoms with E-state index in [9.17, 15) is 4.79 Å². The maximum absolute atomic E-state index is 11.5. The molecule has 0 radical (unpaired) electrons. The van der Waals surface area contributed by atoms with Crippen molar-refractivity contribution in [2.75, 3.05) is 32.7 Å². The Hall–Kier alpha value is -0.810. The number of nitrogens with one attached hydrogen (secondary N) is 1. The van der Waals surface area contributed by atoms with Gasteiger partial charge in [-0.15, -0.1) is 0 Å². The molecule has 5 nitrogen and oxygen atoms in total. The van der Waals surface area contributed by atoms with Crippen molar-refractivity contribution in [1.29, 1.82) is 0 Å². The smallest absolute Gasteiger partial charge is 0.407 e. The van der Waals surface area contributed by atoms with Crippen molar-refractivity contribution in [1.82, 2.24) is 15.3 Å². The number of ether oxygens (including phenoxy) is 1. The predicted octanol–water partition coefficient (Wildman–Crippen LogP) is 2.23. The van der Waals surface area contributed by atoms with E-state index in [-0.39, 0.29) is 6.09 Å². The van der Waals surface area contributed by atoms with E-state index in [1.165, 1.54) is 19.3 Å². The predicted molar refractivity (Wildman–Crippen MR) is 76.9 cm³/mol. The van der Waals surface area contributed by atoms with E-state index in [4.69, 9.17) is 4.74 Å². The SMILES string of the molecule is CCN(CCNC(=O)OC(C)(C)C)N1CCCCC1. The van der Waals surface area contributed by atoms with Crippen LogP contribution in [0, 0.1) is 0 Å². The monoisotopic (exact) mass is 271 g/mol. The number of alkyl carbamates (subject to hydrolysis) is 1. The van der Waals surface area contributed by atoms with Gasteiger partial charge in [-0.25, -0.2) is 14.8 Å². The van der Waals surface area contributed by atoms with Crippen molar-refractivity contribution in [3.8, 4) is 0 Å². The van der Waals surface area contributed by atoms with Gasteiger partial charge in [0.05, 0.1) is 0 Å². The van der Waals surface area contributed by atoms with Gasteiger partial charge in [0.2, 0.25) is 0 Å². The number of carbonyl (C=O) groups is 1. The summed E-state index contributed by atoms with van der Waals surface area (Å²) in [6.07, 6.45) is 3.55. The van der Waals surface area contributed by atoms with Crippen LogP contribution in [0.15, 0.2) is 0 Å². The Morgan fingerprint density at radius 1 is 1.26 bits per heavy atom. The van der Waals surface area contributed by atoms with Crippen molar-refractivity contribution < 1.29 is 9.53 Å². The van der Waals surface area contributed by atoms with Gasteiger partial charge in [-0.05, 0) is 33.6 Å². The zero-order valence-electron chi connectivity index (χ0n) is 12.9. The molecule has 1 aliphatic rings. The molecular formula is C14H29N3O2. The third kappa shape index (κ3) is 6.78. The molecule has 1 rings (SSSR count). The van der Waals surface area contributed by atoms with E-state index in [1.54, 1.807) is 0 Å². The second kappa shape index (κ2) is 7.70. The van der Waals surface area contributed by atoms with Crippen LogP contribution in [-0.4, -0.2) is 54.4 Å². The molecule has 1 fully saturated rings. The highest BCUT2D eigenvalue weighted by Gasteiger charge is 2.18. The van der Waals surface area contributed by atoms with Crippen LogP contribution >= 0.6 is 0 Å². The van der Waals surface area contributed by atoms with Gasteiger partial charge >= 0.3 is 6.09 Å². The first kappa shape index (κ1) is 16.2. The Morgan fingerprint density at radius 2 is 1.89 bits per heavy atom. The second-order valence-corrected chi connectivity index (χ2v) is 5.99. The zero-order valence-corrected chi connectivity index (χ0v) is 12.9. The number of piperidine rings is 1. The molecule has 5 heteroatoms. The van der Waals surface area contributed by atoms with Gasteiger partial charge in [0.1, 0.15) is 5.60 Å². The molecule has 0 saturated carbocycles. The van der Waals surface area contributed by atoms with Crippen LogP contribution in [0.2, 0.25) is 0 Å². The normalized spacial score (nSPS) is 17.5. The first-order valence-corrected chi connectivity index (χ1v) is 7.39. The minimum Gasteiger partial charge on any atom is -0.444 e. The van der Waals surface area contributed by atoms with Crippen LogP contribution in [0.25, 0.3) is 0 Å². The minimum absolute atomic E-state index is 0.331. The number of nitrogens with zero attached hydrogens (tertiary/aromatic N) is 2. The molecule has 0 aromatic heterocycles. The van der Waals surface area contributed by atoms with E-state index >= 15 is 0 Å². The molecule has 0 spiro atoms. The number of hydrazine groups is 1. The molecular weight excluding hydrogens is 242 g/mol. The Bertz CT molecular complexity index is 270. The van der Waals surface area contributed by atoms with E-state index in [1.807, 2.05) is 20.8 Å². The molecule has 0 bridgehead atoms. The van der Waals surface area contributed by atoms with Gasteiger partial charge in [-0.3, -0.25) is 0 Å². The van der Waals surface area contributed by atoms with Crippen molar-refractivity contribution in [2.45, 2.75) is 52.6 Å². The molecule has 1 heterocycles. The summed E-state index contributed by atoms with van der Waals surface area (Å²) in [5.41, 5.74) is -0.429. The van der Waals surface area contributed by atoms with E-state index in [2.05, 4.69) is 22.3 Å². The summed E-state index contributed by atoms with van der Waals surface area (Å²) in [5.74, 6) is 0. The molecule has 112 valence electrons. The highest BCUT2D eigenvalue weighted by atomic mass is 16.6. The molecule has 19 heavy (non-hydrogen) atoms. The van der Waals surface area contributed by atoms with Crippen molar-refractivity contribution in [3.63, 3.8) is 0 Å². The summed E-state index contributed by atoms with van der Waals surface area (Å²) in [4.78, 5) is 11.5. The van der Waals surface area contributed by atoms with Crippen molar-refractivity contribution in [2.24, 2.45) is 0 Å². The molecule has 1 amide bonds. The topological polar surface area (TPSA) is 44.8 Å². The highest BCUT2D eigenvalue weighted by Crippen LogP contribution is 2.11. The van der Waals surface area contributed by atoms with Crippen molar-refractivity contribution >= 4 is 6.09 Å². The fraction of sp³-hybridized carbons (Fsp3) is 0.929. The molecule has 1 saturated heterocycles. The Labute approximate surface area is 117 Å². The summed E-state index contributed by atoms with van der Waals surface area (Å²) in [5, 5.41) is 7.53. The van der Waals surface area contributed by atoms with Crippen LogP contribution in [0.4, 0.5) is 4.79 Å². The van der Waals surface area contributed by atoms with E-state index in [0.717, 1.165) is 26.2 Å². The van der Waals surface area contributed by atoms with Gasteiger partial charge < -0.3 is 10.1 Å². The maximum atomic E-state index is 11.5. The van der Waals surface area contributed by atoms with Gasteiger partial charge in [-0.2, -0.15) is 0 Å². The maximum Gasteiger partial charge on any atom is 0.407 e. The van der Waals surface area contributed by atoms with E-state index in [0.29, 0.717) is 6.54 Å². The molecule has 1 N–H and O–H groups in total. The number of likely N-dealkylation sites (N-methyl/N-ethyl adjacent to an activating group) is 1. The third-order valence-electron chi connectivity index (χ3n) is 3.14. The van der Waals surface area contributed by atoms with Crippen LogP contribution in [0.1, 0.15) is 47.0 Å². The summed E-state index contributed by atoms with van der Waals surface area (Å²) < 4.78 is 5.22. The van der Waals surface area contributed by atoms with Crippen molar-refractivity contribution in [3.05, 3.63) is 0 Å². The van der Waals surface area contributed by atoms with Crippen LogP contribution in [0.5, 0.6) is 0 Å². The third-order valence-corrected chi connectivity index (χ3v) is 3.14. The number of amides is 1. The van der Waals surface area contributed by atoms with Gasteiger partial charge in [-0.1, -0.05) is 13.3 Å². The average molecular weight is 271 g/mol. The Morgan fingerprint density at radius 3 is 2.42 bits per heavy atom. The van der Waals surface area contributed by atoms with Gasteiger partial charge in [0.25, 0.3) is 0 Å². The summed E-state index contributed by atoms with van der Waals surface area (Å²) in [6.45, 7) is 12.5. The number of carbonyl (C=O) groups excluding carboxylic acids is 1. The lowest BCUT2D eigenvalue weighted by molar-refractivity contribution is -0.0345. The Balaban J connectivity index is 2.23.